The second-order valence-electron chi connectivity index (χ2n) is 3.88. The van der Waals surface area contributed by atoms with Crippen LogP contribution in [0.2, 0.25) is 0 Å². The highest BCUT2D eigenvalue weighted by atomic mass is 16.7. The van der Waals surface area contributed by atoms with Gasteiger partial charge in [-0.15, -0.1) is 5.06 Å². The Morgan fingerprint density at radius 1 is 1.50 bits per heavy atom. The second-order valence-corrected chi connectivity index (χ2v) is 3.88. The minimum atomic E-state index is -0.966. The zero-order valence-corrected chi connectivity index (χ0v) is 9.46. The Hall–Kier alpha value is -2.22. The van der Waals surface area contributed by atoms with Crippen LogP contribution in [0, 0.1) is 0 Å². The minimum Gasteiger partial charge on any atom is -0.348 e. The van der Waals surface area contributed by atoms with Crippen LogP contribution >= 0.6 is 0 Å². The van der Waals surface area contributed by atoms with E-state index >= 15 is 0 Å². The lowest BCUT2D eigenvalue weighted by Gasteiger charge is -2.15. The molecule has 0 bridgehead atoms. The van der Waals surface area contributed by atoms with Crippen molar-refractivity contribution in [2.45, 2.75) is 25.3 Å². The Morgan fingerprint density at radius 3 is 2.72 bits per heavy atom. The number of amides is 2. The average Bonchev–Trinajstić information content (AvgIpc) is 2.94. The first kappa shape index (κ1) is 12.2. The molecule has 1 aliphatic rings. The number of nitrogens with zero attached hydrogens (tertiary/aromatic N) is 2. The molecule has 2 rings (SSSR count). The van der Waals surface area contributed by atoms with Crippen LogP contribution in [-0.2, 0) is 25.6 Å². The summed E-state index contributed by atoms with van der Waals surface area (Å²) in [5, 5.41) is 0.481. The monoisotopic (exact) mass is 252 g/mol. The van der Waals surface area contributed by atoms with Crippen LogP contribution < -0.4 is 5.73 Å². The highest BCUT2D eigenvalue weighted by molar-refractivity contribution is 6.01. The summed E-state index contributed by atoms with van der Waals surface area (Å²) in [5.41, 5.74) is 6.27. The number of imide groups is 1. The van der Waals surface area contributed by atoms with Gasteiger partial charge in [-0.25, -0.2) is 9.78 Å². The molecular weight excluding hydrogens is 240 g/mol. The normalized spacial score (nSPS) is 17.1. The number of imidazole rings is 1. The van der Waals surface area contributed by atoms with Gasteiger partial charge in [0.25, 0.3) is 11.8 Å². The molecule has 2 heterocycles. The zero-order chi connectivity index (χ0) is 13.1. The topological polar surface area (TPSA) is 118 Å². The Balaban J connectivity index is 1.91. The van der Waals surface area contributed by atoms with Gasteiger partial charge in [-0.3, -0.25) is 9.59 Å². The molecule has 8 heteroatoms. The predicted octanol–water partition coefficient (Wildman–Crippen LogP) is -1.11. The van der Waals surface area contributed by atoms with E-state index in [1.54, 1.807) is 0 Å². The number of H-pyrrole nitrogens is 1. The van der Waals surface area contributed by atoms with E-state index in [1.165, 1.54) is 12.5 Å². The first-order valence-corrected chi connectivity index (χ1v) is 5.38. The molecule has 0 unspecified atom stereocenters. The molecule has 1 aromatic rings. The fraction of sp³-hybridized carbons (Fsp3) is 0.400. The van der Waals surface area contributed by atoms with Gasteiger partial charge in [0.2, 0.25) is 0 Å². The van der Waals surface area contributed by atoms with Gasteiger partial charge in [-0.05, 0) is 0 Å². The van der Waals surface area contributed by atoms with Crippen molar-refractivity contribution in [3.8, 4) is 0 Å². The van der Waals surface area contributed by atoms with E-state index in [0.717, 1.165) is 0 Å². The van der Waals surface area contributed by atoms with Crippen LogP contribution in [0.4, 0.5) is 0 Å². The molecule has 0 saturated carbocycles. The second kappa shape index (κ2) is 4.96. The Labute approximate surface area is 102 Å². The quantitative estimate of drug-likeness (QED) is 0.656. The Bertz CT molecular complexity index is 454. The third-order valence-corrected chi connectivity index (χ3v) is 2.48. The van der Waals surface area contributed by atoms with Crippen molar-refractivity contribution in [1.82, 2.24) is 15.0 Å². The van der Waals surface area contributed by atoms with E-state index in [2.05, 4.69) is 14.8 Å². The van der Waals surface area contributed by atoms with Gasteiger partial charge in [-0.1, -0.05) is 0 Å². The molecule has 0 aromatic carbocycles. The molecule has 1 aliphatic heterocycles. The molecule has 1 fully saturated rings. The maximum absolute atomic E-state index is 11.6. The Kier molecular flexibility index (Phi) is 3.38. The lowest BCUT2D eigenvalue weighted by molar-refractivity contribution is -0.198. The molecular formula is C10H12N4O4. The van der Waals surface area contributed by atoms with Crippen molar-refractivity contribution in [2.75, 3.05) is 0 Å². The van der Waals surface area contributed by atoms with Crippen molar-refractivity contribution < 1.29 is 19.2 Å². The molecule has 0 spiro atoms. The Morgan fingerprint density at radius 2 is 2.17 bits per heavy atom. The highest BCUT2D eigenvalue weighted by Gasteiger charge is 2.34. The maximum atomic E-state index is 11.6. The number of nitrogens with two attached hydrogens (primary N) is 1. The summed E-state index contributed by atoms with van der Waals surface area (Å²) in [6.45, 7) is 0. The molecule has 2 amide bonds. The van der Waals surface area contributed by atoms with Gasteiger partial charge < -0.3 is 15.6 Å². The molecule has 1 saturated heterocycles. The van der Waals surface area contributed by atoms with E-state index in [0.29, 0.717) is 10.8 Å². The zero-order valence-electron chi connectivity index (χ0n) is 9.46. The van der Waals surface area contributed by atoms with Gasteiger partial charge in [0.15, 0.2) is 0 Å². The number of nitrogens with one attached hydrogen (secondary N) is 1. The molecule has 1 atom stereocenters. The van der Waals surface area contributed by atoms with Gasteiger partial charge in [0, 0.05) is 31.2 Å². The lowest BCUT2D eigenvalue weighted by atomic mass is 10.2. The summed E-state index contributed by atoms with van der Waals surface area (Å²) >= 11 is 0. The fourth-order valence-electron chi connectivity index (χ4n) is 1.53. The maximum Gasteiger partial charge on any atom is 0.350 e. The van der Waals surface area contributed by atoms with E-state index < -0.39 is 23.8 Å². The first-order valence-electron chi connectivity index (χ1n) is 5.38. The number of rotatable bonds is 4. The third-order valence-electron chi connectivity index (χ3n) is 2.48. The summed E-state index contributed by atoms with van der Waals surface area (Å²) < 4.78 is 0. The molecule has 1 aromatic heterocycles. The first-order chi connectivity index (χ1) is 8.58. The fourth-order valence-corrected chi connectivity index (χ4v) is 1.53. The highest BCUT2D eigenvalue weighted by Crippen LogP contribution is 2.12. The SMILES string of the molecule is N[C@@H](Cc1cnc[nH]1)C(=O)ON1C(=O)CCC1=O. The van der Waals surface area contributed by atoms with E-state index in [-0.39, 0.29) is 19.3 Å². The van der Waals surface area contributed by atoms with E-state index in [4.69, 9.17) is 5.73 Å². The number of aromatic nitrogens is 2. The lowest BCUT2D eigenvalue weighted by Crippen LogP contribution is -2.41. The van der Waals surface area contributed by atoms with Crippen LogP contribution in [-0.4, -0.2) is 38.9 Å². The van der Waals surface area contributed by atoms with Gasteiger partial charge >= 0.3 is 5.97 Å². The third kappa shape index (κ3) is 2.54. The van der Waals surface area contributed by atoms with Crippen LogP contribution in [0.15, 0.2) is 12.5 Å². The molecule has 3 N–H and O–H groups in total. The van der Waals surface area contributed by atoms with Gasteiger partial charge in [0.1, 0.15) is 6.04 Å². The largest absolute Gasteiger partial charge is 0.350 e. The standard InChI is InChI=1S/C10H12N4O4/c11-7(3-6-4-12-5-13-6)10(17)18-14-8(15)1-2-9(14)16/h4-5,7H,1-3,11H2,(H,12,13)/t7-/m0/s1. The van der Waals surface area contributed by atoms with Crippen LogP contribution in [0.25, 0.3) is 0 Å². The van der Waals surface area contributed by atoms with E-state index in [9.17, 15) is 14.4 Å². The van der Waals surface area contributed by atoms with Crippen LogP contribution in [0.3, 0.4) is 0 Å². The van der Waals surface area contributed by atoms with Crippen LogP contribution in [0.5, 0.6) is 0 Å². The summed E-state index contributed by atoms with van der Waals surface area (Å²) in [6.07, 6.45) is 3.29. The van der Waals surface area contributed by atoms with E-state index in [1.807, 2.05) is 0 Å². The summed E-state index contributed by atoms with van der Waals surface area (Å²) in [7, 11) is 0. The number of carbonyl (C=O) groups excluding carboxylic acids is 3. The number of aromatic amines is 1. The molecule has 0 radical (unpaired) electrons. The van der Waals surface area contributed by atoms with Gasteiger partial charge in [-0.2, -0.15) is 0 Å². The number of hydrogen-bond acceptors (Lipinski definition) is 6. The molecule has 0 aliphatic carbocycles. The number of carbonyl (C=O) groups is 3. The van der Waals surface area contributed by atoms with Gasteiger partial charge in [0.05, 0.1) is 6.33 Å². The smallest absolute Gasteiger partial charge is 0.348 e. The summed E-state index contributed by atoms with van der Waals surface area (Å²) in [4.78, 5) is 45.3. The van der Waals surface area contributed by atoms with Crippen molar-refractivity contribution in [1.29, 1.82) is 0 Å². The van der Waals surface area contributed by atoms with Crippen molar-refractivity contribution >= 4 is 17.8 Å². The molecule has 8 nitrogen and oxygen atoms in total. The summed E-state index contributed by atoms with van der Waals surface area (Å²) in [6, 6.07) is -0.966. The molecule has 18 heavy (non-hydrogen) atoms. The predicted molar refractivity (Wildman–Crippen MR) is 57.4 cm³/mol. The van der Waals surface area contributed by atoms with Crippen LogP contribution in [0.1, 0.15) is 18.5 Å². The van der Waals surface area contributed by atoms with Crippen molar-refractivity contribution in [3.05, 3.63) is 18.2 Å². The number of hydrogen-bond donors (Lipinski definition) is 2. The minimum absolute atomic E-state index is 0.0574. The molecule has 96 valence electrons. The number of hydroxylamine groups is 2. The average molecular weight is 252 g/mol. The van der Waals surface area contributed by atoms with Crippen molar-refractivity contribution in [3.63, 3.8) is 0 Å². The summed E-state index contributed by atoms with van der Waals surface area (Å²) in [5.74, 6) is -1.88. The van der Waals surface area contributed by atoms with Crippen molar-refractivity contribution in [2.24, 2.45) is 5.73 Å².